The molecule has 7 heteroatoms. The summed E-state index contributed by atoms with van der Waals surface area (Å²) in [4.78, 5) is 33.6. The fourth-order valence-electron chi connectivity index (χ4n) is 3.14. The highest BCUT2D eigenvalue weighted by molar-refractivity contribution is 7.99. The lowest BCUT2D eigenvalue weighted by atomic mass is 10.2. The molecule has 136 valence electrons. The third-order valence-electron chi connectivity index (χ3n) is 4.60. The summed E-state index contributed by atoms with van der Waals surface area (Å²) in [5.74, 6) is 0.345. The molecule has 0 spiro atoms. The van der Waals surface area contributed by atoms with Crippen LogP contribution in [0.2, 0.25) is 0 Å². The van der Waals surface area contributed by atoms with Gasteiger partial charge in [0, 0.05) is 25.5 Å². The van der Waals surface area contributed by atoms with Crippen LogP contribution in [-0.2, 0) is 24.2 Å². The van der Waals surface area contributed by atoms with Crippen molar-refractivity contribution in [1.29, 1.82) is 0 Å². The van der Waals surface area contributed by atoms with Gasteiger partial charge in [-0.15, -0.1) is 11.3 Å². The SMILES string of the molecule is CCCCCn1c(SCC(=O)N(C)C)nc2sc3c(c2c1=O)CCC3. The van der Waals surface area contributed by atoms with E-state index in [1.807, 2.05) is 0 Å². The first-order valence-corrected chi connectivity index (χ1v) is 10.7. The molecule has 1 amide bonds. The Balaban J connectivity index is 1.99. The lowest BCUT2D eigenvalue weighted by Crippen LogP contribution is -2.26. The number of thiophene rings is 1. The molecule has 1 aliphatic carbocycles. The van der Waals surface area contributed by atoms with Crippen LogP contribution in [0, 0.1) is 0 Å². The molecule has 0 aliphatic heterocycles. The third-order valence-corrected chi connectivity index (χ3v) is 6.75. The summed E-state index contributed by atoms with van der Waals surface area (Å²) < 4.78 is 1.80. The summed E-state index contributed by atoms with van der Waals surface area (Å²) in [6.07, 6.45) is 6.36. The van der Waals surface area contributed by atoms with E-state index in [4.69, 9.17) is 4.98 Å². The number of aromatic nitrogens is 2. The number of amides is 1. The maximum Gasteiger partial charge on any atom is 0.263 e. The molecule has 0 saturated heterocycles. The molecule has 0 unspecified atom stereocenters. The summed E-state index contributed by atoms with van der Waals surface area (Å²) in [6, 6.07) is 0. The van der Waals surface area contributed by atoms with Crippen molar-refractivity contribution in [2.24, 2.45) is 0 Å². The fraction of sp³-hybridized carbons (Fsp3) is 0.611. The molecule has 2 aromatic heterocycles. The second-order valence-corrected chi connectivity index (χ2v) is 8.70. The lowest BCUT2D eigenvalue weighted by Gasteiger charge is -2.13. The van der Waals surface area contributed by atoms with Gasteiger partial charge in [-0.3, -0.25) is 14.2 Å². The van der Waals surface area contributed by atoms with E-state index in [2.05, 4.69) is 6.92 Å². The molecule has 0 N–H and O–H groups in total. The van der Waals surface area contributed by atoms with Crippen molar-refractivity contribution >= 4 is 39.2 Å². The van der Waals surface area contributed by atoms with Crippen molar-refractivity contribution < 1.29 is 4.79 Å². The molecule has 2 heterocycles. The van der Waals surface area contributed by atoms with Gasteiger partial charge in [0.15, 0.2) is 5.16 Å². The van der Waals surface area contributed by atoms with Crippen LogP contribution in [0.1, 0.15) is 43.0 Å². The lowest BCUT2D eigenvalue weighted by molar-refractivity contribution is -0.125. The first-order chi connectivity index (χ1) is 12.0. The Labute approximate surface area is 156 Å². The zero-order chi connectivity index (χ0) is 18.0. The fourth-order valence-corrected chi connectivity index (χ4v) is 5.45. The predicted molar refractivity (Wildman–Crippen MR) is 105 cm³/mol. The van der Waals surface area contributed by atoms with Gasteiger partial charge in [-0.05, 0) is 31.2 Å². The molecule has 0 aromatic carbocycles. The number of unbranched alkanes of at least 4 members (excludes halogenated alkanes) is 2. The summed E-state index contributed by atoms with van der Waals surface area (Å²) in [5, 5.41) is 1.51. The number of carbonyl (C=O) groups excluding carboxylic acids is 1. The van der Waals surface area contributed by atoms with E-state index in [-0.39, 0.29) is 11.5 Å². The summed E-state index contributed by atoms with van der Waals surface area (Å²) in [6.45, 7) is 2.83. The first kappa shape index (κ1) is 18.5. The van der Waals surface area contributed by atoms with Crippen LogP contribution in [-0.4, -0.2) is 40.2 Å². The molecular weight excluding hydrogens is 354 g/mol. The molecule has 0 atom stereocenters. The highest BCUT2D eigenvalue weighted by Crippen LogP contribution is 2.35. The molecule has 0 radical (unpaired) electrons. The Bertz CT molecular complexity index is 839. The molecule has 0 bridgehead atoms. The van der Waals surface area contributed by atoms with Gasteiger partial charge in [-0.25, -0.2) is 4.98 Å². The maximum atomic E-state index is 13.2. The van der Waals surface area contributed by atoms with Crippen LogP contribution in [0.25, 0.3) is 10.2 Å². The number of thioether (sulfide) groups is 1. The molecule has 3 rings (SSSR count). The van der Waals surface area contributed by atoms with Gasteiger partial charge in [-0.2, -0.15) is 0 Å². The van der Waals surface area contributed by atoms with Gasteiger partial charge in [0.2, 0.25) is 5.91 Å². The maximum absolute atomic E-state index is 13.2. The minimum atomic E-state index is 0.0353. The highest BCUT2D eigenvalue weighted by Gasteiger charge is 2.23. The van der Waals surface area contributed by atoms with Crippen LogP contribution in [0.3, 0.4) is 0 Å². The largest absolute Gasteiger partial charge is 0.348 e. The third kappa shape index (κ3) is 3.77. The van der Waals surface area contributed by atoms with Crippen molar-refractivity contribution in [3.05, 3.63) is 20.8 Å². The van der Waals surface area contributed by atoms with Gasteiger partial charge < -0.3 is 4.90 Å². The van der Waals surface area contributed by atoms with E-state index in [9.17, 15) is 9.59 Å². The molecule has 25 heavy (non-hydrogen) atoms. The quantitative estimate of drug-likeness (QED) is 0.421. The summed E-state index contributed by atoms with van der Waals surface area (Å²) in [7, 11) is 3.50. The van der Waals surface area contributed by atoms with Gasteiger partial charge >= 0.3 is 0 Å². The van der Waals surface area contributed by atoms with E-state index in [1.54, 1.807) is 34.9 Å². The first-order valence-electron chi connectivity index (χ1n) is 8.91. The number of hydrogen-bond acceptors (Lipinski definition) is 5. The van der Waals surface area contributed by atoms with Crippen molar-refractivity contribution in [3.63, 3.8) is 0 Å². The van der Waals surface area contributed by atoms with Crippen molar-refractivity contribution in [2.45, 2.75) is 57.1 Å². The molecule has 0 fully saturated rings. The van der Waals surface area contributed by atoms with Crippen LogP contribution >= 0.6 is 23.1 Å². The number of carbonyl (C=O) groups is 1. The average molecular weight is 380 g/mol. The Morgan fingerprint density at radius 1 is 1.32 bits per heavy atom. The topological polar surface area (TPSA) is 55.2 Å². The summed E-state index contributed by atoms with van der Waals surface area (Å²) in [5.41, 5.74) is 1.31. The van der Waals surface area contributed by atoms with E-state index in [0.717, 1.165) is 48.7 Å². The van der Waals surface area contributed by atoms with E-state index < -0.39 is 0 Å². The number of hydrogen-bond donors (Lipinski definition) is 0. The number of nitrogens with zero attached hydrogens (tertiary/aromatic N) is 3. The standard InChI is InChI=1S/C18H25N3O2S2/c1-4-5-6-10-21-17(23)15-12-8-7-9-13(12)25-16(15)19-18(21)24-11-14(22)20(2)3/h4-11H2,1-3H3. The molecule has 2 aromatic rings. The van der Waals surface area contributed by atoms with Crippen LogP contribution in [0.4, 0.5) is 0 Å². The normalized spacial score (nSPS) is 13.4. The highest BCUT2D eigenvalue weighted by atomic mass is 32.2. The monoisotopic (exact) mass is 379 g/mol. The van der Waals surface area contributed by atoms with Crippen LogP contribution in [0.15, 0.2) is 9.95 Å². The second-order valence-electron chi connectivity index (χ2n) is 6.67. The Morgan fingerprint density at radius 2 is 2.12 bits per heavy atom. The number of aryl methyl sites for hydroxylation is 2. The van der Waals surface area contributed by atoms with Gasteiger partial charge in [0.1, 0.15) is 4.83 Å². The predicted octanol–water partition coefficient (Wildman–Crippen LogP) is 3.32. The second kappa shape index (κ2) is 7.91. The Morgan fingerprint density at radius 3 is 2.84 bits per heavy atom. The number of fused-ring (bicyclic) bond motifs is 3. The van der Waals surface area contributed by atoms with Gasteiger partial charge in [0.25, 0.3) is 5.56 Å². The van der Waals surface area contributed by atoms with E-state index in [0.29, 0.717) is 17.5 Å². The van der Waals surface area contributed by atoms with Crippen molar-refractivity contribution in [1.82, 2.24) is 14.5 Å². The Kier molecular flexibility index (Phi) is 5.84. The molecule has 1 aliphatic rings. The zero-order valence-electron chi connectivity index (χ0n) is 15.1. The molecule has 5 nitrogen and oxygen atoms in total. The van der Waals surface area contributed by atoms with Crippen molar-refractivity contribution in [3.8, 4) is 0 Å². The van der Waals surface area contributed by atoms with Crippen LogP contribution in [0.5, 0.6) is 0 Å². The smallest absolute Gasteiger partial charge is 0.263 e. The minimum Gasteiger partial charge on any atom is -0.348 e. The van der Waals surface area contributed by atoms with E-state index >= 15 is 0 Å². The molecule has 0 saturated carbocycles. The minimum absolute atomic E-state index is 0.0353. The van der Waals surface area contributed by atoms with Gasteiger partial charge in [0.05, 0.1) is 11.1 Å². The number of rotatable bonds is 7. The molecular formula is C18H25N3O2S2. The van der Waals surface area contributed by atoms with Crippen LogP contribution < -0.4 is 5.56 Å². The van der Waals surface area contributed by atoms with Gasteiger partial charge in [-0.1, -0.05) is 31.5 Å². The average Bonchev–Trinajstić information content (AvgIpc) is 3.15. The van der Waals surface area contributed by atoms with Crippen molar-refractivity contribution in [2.75, 3.05) is 19.8 Å². The summed E-state index contributed by atoms with van der Waals surface area (Å²) >= 11 is 3.04. The Hall–Kier alpha value is -1.34. The van der Waals surface area contributed by atoms with E-state index in [1.165, 1.54) is 22.2 Å². The zero-order valence-corrected chi connectivity index (χ0v) is 16.8.